The van der Waals surface area contributed by atoms with E-state index in [0.717, 1.165) is 50.5 Å². The van der Waals surface area contributed by atoms with E-state index < -0.39 is 11.9 Å². The molecule has 1 saturated carbocycles. The number of nitrogens with one attached hydrogen (secondary N) is 2. The molecule has 162 valence electrons. The molecule has 6 heteroatoms. The number of aryl methyl sites for hydroxylation is 2. The molecule has 1 fully saturated rings. The number of amides is 2. The number of hydrogen-bond donors (Lipinski definition) is 2. The minimum absolute atomic E-state index is 0.140. The standard InChI is InChI=1S/C25H28N2O4/c28-23(16-31-24(29)15-17-12-13-18-6-5-7-19(18)14-17)27-22-11-4-3-10-21(22)25(30)26-20-8-1-2-9-20/h3-4,10-14,20H,1-2,5-9,15-16H2,(H,26,30)(H,27,28). The normalized spacial score (nSPS) is 15.4. The zero-order valence-electron chi connectivity index (χ0n) is 17.6. The van der Waals surface area contributed by atoms with E-state index in [9.17, 15) is 14.4 Å². The van der Waals surface area contributed by atoms with Gasteiger partial charge in [0.05, 0.1) is 17.7 Å². The van der Waals surface area contributed by atoms with Crippen molar-refractivity contribution < 1.29 is 19.1 Å². The SMILES string of the molecule is O=C(COC(=O)Cc1ccc2c(c1)CCC2)Nc1ccccc1C(=O)NC1CCCC1. The van der Waals surface area contributed by atoms with Crippen LogP contribution in [0.15, 0.2) is 42.5 Å². The molecule has 2 aliphatic carbocycles. The lowest BCUT2D eigenvalue weighted by Gasteiger charge is -2.15. The Morgan fingerprint density at radius 1 is 0.935 bits per heavy atom. The minimum atomic E-state index is -0.469. The Labute approximate surface area is 182 Å². The van der Waals surface area contributed by atoms with E-state index >= 15 is 0 Å². The minimum Gasteiger partial charge on any atom is -0.455 e. The van der Waals surface area contributed by atoms with Crippen molar-refractivity contribution in [3.05, 3.63) is 64.7 Å². The summed E-state index contributed by atoms with van der Waals surface area (Å²) in [4.78, 5) is 37.1. The molecule has 6 nitrogen and oxygen atoms in total. The van der Waals surface area contributed by atoms with Gasteiger partial charge in [-0.1, -0.05) is 43.2 Å². The van der Waals surface area contributed by atoms with Crippen molar-refractivity contribution in [2.24, 2.45) is 0 Å². The van der Waals surface area contributed by atoms with Gasteiger partial charge in [0.15, 0.2) is 6.61 Å². The highest BCUT2D eigenvalue weighted by Gasteiger charge is 2.20. The van der Waals surface area contributed by atoms with Crippen LogP contribution in [0.25, 0.3) is 0 Å². The fraction of sp³-hybridized carbons (Fsp3) is 0.400. The van der Waals surface area contributed by atoms with Crippen LogP contribution in [0.3, 0.4) is 0 Å². The maximum atomic E-state index is 12.6. The van der Waals surface area contributed by atoms with Crippen LogP contribution in [0.5, 0.6) is 0 Å². The van der Waals surface area contributed by atoms with Gasteiger partial charge in [0.1, 0.15) is 0 Å². The predicted molar refractivity (Wildman–Crippen MR) is 118 cm³/mol. The summed E-state index contributed by atoms with van der Waals surface area (Å²) in [7, 11) is 0. The highest BCUT2D eigenvalue weighted by atomic mass is 16.5. The summed E-state index contributed by atoms with van der Waals surface area (Å²) in [5.74, 6) is -1.11. The van der Waals surface area contributed by atoms with Crippen molar-refractivity contribution >= 4 is 23.5 Å². The van der Waals surface area contributed by atoms with Gasteiger partial charge in [-0.15, -0.1) is 0 Å². The molecule has 0 radical (unpaired) electrons. The van der Waals surface area contributed by atoms with Crippen molar-refractivity contribution in [3.63, 3.8) is 0 Å². The highest BCUT2D eigenvalue weighted by Crippen LogP contribution is 2.23. The van der Waals surface area contributed by atoms with Crippen molar-refractivity contribution in [3.8, 4) is 0 Å². The summed E-state index contributed by atoms with van der Waals surface area (Å²) in [5.41, 5.74) is 4.38. The van der Waals surface area contributed by atoms with Crippen LogP contribution in [0, 0.1) is 0 Å². The third-order valence-corrected chi connectivity index (χ3v) is 6.01. The van der Waals surface area contributed by atoms with E-state index in [1.807, 2.05) is 6.07 Å². The molecule has 0 atom stereocenters. The molecular formula is C25H28N2O4. The average molecular weight is 421 g/mol. The Morgan fingerprint density at radius 2 is 1.71 bits per heavy atom. The molecule has 31 heavy (non-hydrogen) atoms. The van der Waals surface area contributed by atoms with E-state index in [1.54, 1.807) is 24.3 Å². The lowest BCUT2D eigenvalue weighted by molar-refractivity contribution is -0.146. The number of para-hydroxylation sites is 1. The second-order valence-electron chi connectivity index (χ2n) is 8.34. The van der Waals surface area contributed by atoms with Gasteiger partial charge in [-0.25, -0.2) is 0 Å². The van der Waals surface area contributed by atoms with Gasteiger partial charge in [-0.2, -0.15) is 0 Å². The molecule has 0 aromatic heterocycles. The van der Waals surface area contributed by atoms with Crippen molar-refractivity contribution in [1.82, 2.24) is 5.32 Å². The number of carbonyl (C=O) groups is 3. The van der Waals surface area contributed by atoms with Crippen molar-refractivity contribution in [2.45, 2.75) is 57.4 Å². The second kappa shape index (κ2) is 9.77. The lowest BCUT2D eigenvalue weighted by atomic mass is 10.0. The molecule has 0 saturated heterocycles. The third kappa shape index (κ3) is 5.51. The van der Waals surface area contributed by atoms with Crippen molar-refractivity contribution in [2.75, 3.05) is 11.9 Å². The highest BCUT2D eigenvalue weighted by molar-refractivity contribution is 6.04. The second-order valence-corrected chi connectivity index (χ2v) is 8.34. The fourth-order valence-electron chi connectivity index (χ4n) is 4.41. The van der Waals surface area contributed by atoms with Crippen LogP contribution in [-0.4, -0.2) is 30.4 Å². The number of ether oxygens (including phenoxy) is 1. The average Bonchev–Trinajstić information content (AvgIpc) is 3.44. The number of esters is 1. The van der Waals surface area contributed by atoms with E-state index in [1.165, 1.54) is 11.1 Å². The summed E-state index contributed by atoms with van der Waals surface area (Å²) < 4.78 is 5.16. The van der Waals surface area contributed by atoms with Gasteiger partial charge in [0, 0.05) is 6.04 Å². The Balaban J connectivity index is 1.28. The number of benzene rings is 2. The Morgan fingerprint density at radius 3 is 2.55 bits per heavy atom. The lowest BCUT2D eigenvalue weighted by Crippen LogP contribution is -2.33. The summed E-state index contributed by atoms with van der Waals surface area (Å²) in [6.07, 6.45) is 7.67. The van der Waals surface area contributed by atoms with E-state index in [4.69, 9.17) is 4.74 Å². The van der Waals surface area contributed by atoms with Crippen LogP contribution in [0.1, 0.15) is 59.2 Å². The monoisotopic (exact) mass is 420 g/mol. The number of carbonyl (C=O) groups excluding carboxylic acids is 3. The molecular weight excluding hydrogens is 392 g/mol. The first-order valence-electron chi connectivity index (χ1n) is 11.0. The maximum absolute atomic E-state index is 12.6. The fourth-order valence-corrected chi connectivity index (χ4v) is 4.41. The third-order valence-electron chi connectivity index (χ3n) is 6.01. The van der Waals surface area contributed by atoms with Gasteiger partial charge in [0.2, 0.25) is 0 Å². The van der Waals surface area contributed by atoms with Gasteiger partial charge in [-0.3, -0.25) is 14.4 Å². The first kappa shape index (κ1) is 21.1. The summed E-state index contributed by atoms with van der Waals surface area (Å²) in [6, 6.07) is 13.1. The van der Waals surface area contributed by atoms with Crippen LogP contribution in [0.2, 0.25) is 0 Å². The molecule has 0 heterocycles. The summed E-state index contributed by atoms with van der Waals surface area (Å²) in [6.45, 7) is -0.387. The Hall–Kier alpha value is -3.15. The Kier molecular flexibility index (Phi) is 6.65. The molecule has 0 unspecified atom stereocenters. The first-order chi connectivity index (χ1) is 15.1. The summed E-state index contributed by atoms with van der Waals surface area (Å²) >= 11 is 0. The van der Waals surface area contributed by atoms with E-state index in [-0.39, 0.29) is 25.0 Å². The van der Waals surface area contributed by atoms with Gasteiger partial charge in [-0.05, 0) is 60.9 Å². The van der Waals surface area contributed by atoms with E-state index in [0.29, 0.717) is 11.3 Å². The van der Waals surface area contributed by atoms with Crippen LogP contribution < -0.4 is 10.6 Å². The number of anilines is 1. The van der Waals surface area contributed by atoms with Gasteiger partial charge >= 0.3 is 5.97 Å². The Bertz CT molecular complexity index is 979. The quantitative estimate of drug-likeness (QED) is 0.671. The molecule has 2 aromatic carbocycles. The first-order valence-corrected chi connectivity index (χ1v) is 11.0. The topological polar surface area (TPSA) is 84.5 Å². The molecule has 2 N–H and O–H groups in total. The zero-order chi connectivity index (χ0) is 21.6. The van der Waals surface area contributed by atoms with Crippen LogP contribution >= 0.6 is 0 Å². The zero-order valence-corrected chi connectivity index (χ0v) is 17.6. The predicted octanol–water partition coefficient (Wildman–Crippen LogP) is 3.57. The molecule has 2 aliphatic rings. The van der Waals surface area contributed by atoms with Crippen LogP contribution in [0.4, 0.5) is 5.69 Å². The number of fused-ring (bicyclic) bond motifs is 1. The van der Waals surface area contributed by atoms with E-state index in [2.05, 4.69) is 22.8 Å². The van der Waals surface area contributed by atoms with Gasteiger partial charge in [0.25, 0.3) is 11.8 Å². The van der Waals surface area contributed by atoms with Gasteiger partial charge < -0.3 is 15.4 Å². The molecule has 0 bridgehead atoms. The molecule has 0 aliphatic heterocycles. The molecule has 2 aromatic rings. The molecule has 0 spiro atoms. The number of rotatable bonds is 7. The molecule has 2 amide bonds. The molecule has 4 rings (SSSR count). The maximum Gasteiger partial charge on any atom is 0.310 e. The summed E-state index contributed by atoms with van der Waals surface area (Å²) in [5, 5.41) is 5.72. The number of hydrogen-bond acceptors (Lipinski definition) is 4. The smallest absolute Gasteiger partial charge is 0.310 e. The van der Waals surface area contributed by atoms with Crippen LogP contribution in [-0.2, 0) is 33.6 Å². The largest absolute Gasteiger partial charge is 0.455 e. The van der Waals surface area contributed by atoms with Crippen molar-refractivity contribution in [1.29, 1.82) is 0 Å².